The van der Waals surface area contributed by atoms with Crippen LogP contribution in [0.15, 0.2) is 49.1 Å². The molecule has 0 spiro atoms. The van der Waals surface area contributed by atoms with Gasteiger partial charge < -0.3 is 33.3 Å². The lowest BCUT2D eigenvalue weighted by atomic mass is 10.00. The van der Waals surface area contributed by atoms with Crippen molar-refractivity contribution in [1.29, 1.82) is 0 Å². The molecule has 3 aliphatic heterocycles. The number of ether oxygens (including phenoxy) is 6. The van der Waals surface area contributed by atoms with Gasteiger partial charge in [0.15, 0.2) is 24.0 Å². The Hall–Kier alpha value is -4.09. The number of carbonyl (C=O) groups excluding carboxylic acids is 3. The molecule has 3 atom stereocenters. The van der Waals surface area contributed by atoms with Gasteiger partial charge in [-0.3, -0.25) is 9.59 Å². The molecule has 44 heavy (non-hydrogen) atoms. The monoisotopic (exact) mass is 608 g/mol. The quantitative estimate of drug-likeness (QED) is 0.272. The molecule has 2 aromatic carbocycles. The van der Waals surface area contributed by atoms with E-state index in [2.05, 4.69) is 6.58 Å². The first-order valence-electron chi connectivity index (χ1n) is 15.1. The Bertz CT molecular complexity index is 1360. The second-order valence-corrected chi connectivity index (χ2v) is 11.0. The minimum absolute atomic E-state index is 0.0128. The number of benzene rings is 2. The predicted octanol–water partition coefficient (Wildman–Crippen LogP) is 5.00. The van der Waals surface area contributed by atoms with Crippen molar-refractivity contribution in [3.8, 4) is 11.5 Å². The molecular formula is C33H40N2O9. The zero-order chi connectivity index (χ0) is 31.1. The first-order chi connectivity index (χ1) is 21.4. The molecule has 0 saturated carbocycles. The topological polar surface area (TPSA) is 113 Å². The predicted molar refractivity (Wildman–Crippen MR) is 161 cm³/mol. The van der Waals surface area contributed by atoms with Crippen LogP contribution in [0.5, 0.6) is 11.5 Å². The lowest BCUT2D eigenvalue weighted by molar-refractivity contribution is -0.198. The summed E-state index contributed by atoms with van der Waals surface area (Å²) >= 11 is 0. The normalized spacial score (nSPS) is 21.4. The van der Waals surface area contributed by atoms with Gasteiger partial charge in [-0.05, 0) is 55.7 Å². The van der Waals surface area contributed by atoms with Crippen LogP contribution in [0.3, 0.4) is 0 Å². The van der Waals surface area contributed by atoms with Crippen LogP contribution in [-0.2, 0) is 36.8 Å². The summed E-state index contributed by atoms with van der Waals surface area (Å²) in [6, 6.07) is 10.3. The Balaban J connectivity index is 1.54. The first-order valence-corrected chi connectivity index (χ1v) is 15.1. The molecule has 0 bridgehead atoms. The molecule has 2 unspecified atom stereocenters. The number of anilines is 1. The molecule has 0 aliphatic carbocycles. The summed E-state index contributed by atoms with van der Waals surface area (Å²) < 4.78 is 34.7. The van der Waals surface area contributed by atoms with Crippen molar-refractivity contribution in [2.45, 2.75) is 70.1 Å². The van der Waals surface area contributed by atoms with Crippen LogP contribution in [0.1, 0.15) is 60.0 Å². The highest BCUT2D eigenvalue weighted by Crippen LogP contribution is 2.42. The SMILES string of the molecule is C=CCOC(=O)N1c2cc(OCc3cccc(CC(=O)OC)c3)c(OC)cc2C(=O)N2CCCC[C@H]2C1OC1CCCCO1. The fourth-order valence-electron chi connectivity index (χ4n) is 5.92. The molecule has 2 fully saturated rings. The van der Waals surface area contributed by atoms with Crippen molar-refractivity contribution < 1.29 is 42.8 Å². The van der Waals surface area contributed by atoms with Crippen LogP contribution in [-0.4, -0.2) is 75.4 Å². The summed E-state index contributed by atoms with van der Waals surface area (Å²) in [5, 5.41) is 0. The molecule has 11 heteroatoms. The molecule has 11 nitrogen and oxygen atoms in total. The number of piperidine rings is 1. The van der Waals surface area contributed by atoms with E-state index in [9.17, 15) is 14.4 Å². The average Bonchev–Trinajstić information content (AvgIpc) is 3.15. The van der Waals surface area contributed by atoms with E-state index in [-0.39, 0.29) is 37.1 Å². The third kappa shape index (κ3) is 7.00. The van der Waals surface area contributed by atoms with Crippen molar-refractivity contribution in [2.24, 2.45) is 0 Å². The maximum absolute atomic E-state index is 14.1. The van der Waals surface area contributed by atoms with E-state index in [1.54, 1.807) is 17.0 Å². The number of fused-ring (bicyclic) bond motifs is 2. The highest BCUT2D eigenvalue weighted by molar-refractivity contribution is 6.06. The molecule has 0 aromatic heterocycles. The fraction of sp³-hybridized carbons (Fsp3) is 0.485. The zero-order valence-corrected chi connectivity index (χ0v) is 25.3. The number of carbonyl (C=O) groups is 3. The second-order valence-electron chi connectivity index (χ2n) is 11.0. The van der Waals surface area contributed by atoms with E-state index >= 15 is 0 Å². The van der Waals surface area contributed by atoms with Gasteiger partial charge in [0.1, 0.15) is 13.2 Å². The van der Waals surface area contributed by atoms with E-state index < -0.39 is 24.7 Å². The summed E-state index contributed by atoms with van der Waals surface area (Å²) in [5.74, 6) is 0.106. The van der Waals surface area contributed by atoms with Crippen LogP contribution in [0.2, 0.25) is 0 Å². The van der Waals surface area contributed by atoms with E-state index in [0.29, 0.717) is 43.2 Å². The Morgan fingerprint density at radius 2 is 1.86 bits per heavy atom. The number of amides is 2. The number of nitrogens with zero attached hydrogens (tertiary/aromatic N) is 2. The van der Waals surface area contributed by atoms with Gasteiger partial charge in [-0.2, -0.15) is 0 Å². The molecule has 2 saturated heterocycles. The smallest absolute Gasteiger partial charge is 0.416 e. The van der Waals surface area contributed by atoms with Gasteiger partial charge in [0, 0.05) is 19.2 Å². The van der Waals surface area contributed by atoms with Crippen molar-refractivity contribution in [2.75, 3.05) is 38.9 Å². The van der Waals surface area contributed by atoms with E-state index in [0.717, 1.165) is 36.8 Å². The highest BCUT2D eigenvalue weighted by atomic mass is 16.7. The van der Waals surface area contributed by atoms with Crippen molar-refractivity contribution in [3.05, 3.63) is 65.7 Å². The molecule has 3 aliphatic rings. The van der Waals surface area contributed by atoms with Gasteiger partial charge in [0.25, 0.3) is 5.91 Å². The van der Waals surface area contributed by atoms with E-state index in [4.69, 9.17) is 28.4 Å². The fourth-order valence-corrected chi connectivity index (χ4v) is 5.92. The minimum atomic E-state index is -0.850. The highest BCUT2D eigenvalue weighted by Gasteiger charge is 2.46. The average molecular weight is 609 g/mol. The Morgan fingerprint density at radius 1 is 1.05 bits per heavy atom. The molecule has 5 rings (SSSR count). The molecule has 2 aromatic rings. The maximum atomic E-state index is 14.1. The van der Waals surface area contributed by atoms with Gasteiger partial charge in [-0.25, -0.2) is 9.69 Å². The molecule has 236 valence electrons. The molecule has 0 radical (unpaired) electrons. The maximum Gasteiger partial charge on any atom is 0.416 e. The summed E-state index contributed by atoms with van der Waals surface area (Å²) in [7, 11) is 2.85. The van der Waals surface area contributed by atoms with Crippen molar-refractivity contribution in [1.82, 2.24) is 4.90 Å². The second kappa shape index (κ2) is 14.6. The lowest BCUT2D eigenvalue weighted by Crippen LogP contribution is -2.57. The van der Waals surface area contributed by atoms with E-state index in [1.807, 2.05) is 24.3 Å². The number of hydrogen-bond acceptors (Lipinski definition) is 9. The van der Waals surface area contributed by atoms with Gasteiger partial charge >= 0.3 is 12.1 Å². The lowest BCUT2D eigenvalue weighted by Gasteiger charge is -2.42. The number of methoxy groups -OCH3 is 2. The van der Waals surface area contributed by atoms with Gasteiger partial charge in [-0.15, -0.1) is 0 Å². The molecule has 3 heterocycles. The van der Waals surface area contributed by atoms with Crippen molar-refractivity contribution >= 4 is 23.7 Å². The number of hydrogen-bond donors (Lipinski definition) is 0. The Morgan fingerprint density at radius 3 is 2.61 bits per heavy atom. The minimum Gasteiger partial charge on any atom is -0.493 e. The van der Waals surface area contributed by atoms with Crippen molar-refractivity contribution in [3.63, 3.8) is 0 Å². The third-order valence-corrected chi connectivity index (χ3v) is 8.08. The Labute approximate surface area is 257 Å². The van der Waals surface area contributed by atoms with Gasteiger partial charge in [0.2, 0.25) is 0 Å². The van der Waals surface area contributed by atoms with Crippen LogP contribution < -0.4 is 14.4 Å². The van der Waals surface area contributed by atoms with Crippen LogP contribution >= 0.6 is 0 Å². The Kier molecular flexibility index (Phi) is 10.4. The first kappa shape index (κ1) is 31.3. The summed E-state index contributed by atoms with van der Waals surface area (Å²) in [6.07, 6.45) is 4.56. The number of esters is 1. The van der Waals surface area contributed by atoms with Crippen LogP contribution in [0, 0.1) is 0 Å². The molecule has 2 amide bonds. The zero-order valence-electron chi connectivity index (χ0n) is 25.3. The third-order valence-electron chi connectivity index (χ3n) is 8.08. The summed E-state index contributed by atoms with van der Waals surface area (Å²) in [5.41, 5.74) is 2.19. The van der Waals surface area contributed by atoms with Crippen LogP contribution in [0.4, 0.5) is 10.5 Å². The van der Waals surface area contributed by atoms with Gasteiger partial charge in [-0.1, -0.05) is 36.9 Å². The van der Waals surface area contributed by atoms with E-state index in [1.165, 1.54) is 25.2 Å². The standard InChI is InChI=1S/C33H40N2O9/c1-4-15-42-33(38)35-26-20-28(43-21-23-11-9-10-22(17-23)18-29(36)40-3)27(39-2)19-24(26)31(37)34-14-7-5-12-25(34)32(35)44-30-13-6-8-16-41-30/h4,9-11,17,19-20,25,30,32H,1,5-8,12-16,18,21H2,2-3H3/t25-,30?,32?/m0/s1. The summed E-state index contributed by atoms with van der Waals surface area (Å²) in [6.45, 7) is 4.91. The largest absolute Gasteiger partial charge is 0.493 e. The van der Waals surface area contributed by atoms with Crippen LogP contribution in [0.25, 0.3) is 0 Å². The molecular weight excluding hydrogens is 568 g/mol. The summed E-state index contributed by atoms with van der Waals surface area (Å²) in [4.78, 5) is 42.9. The number of rotatable bonds is 10. The molecule has 0 N–H and O–H groups in total. The van der Waals surface area contributed by atoms with Gasteiger partial charge in [0.05, 0.1) is 37.9 Å².